The predicted molar refractivity (Wildman–Crippen MR) is 93.8 cm³/mol. The van der Waals surface area contributed by atoms with Crippen LogP contribution in [0.4, 0.5) is 10.1 Å². The van der Waals surface area contributed by atoms with E-state index in [1.807, 2.05) is 0 Å². The van der Waals surface area contributed by atoms with Crippen LogP contribution in [0, 0.1) is 5.82 Å². The van der Waals surface area contributed by atoms with Crippen molar-refractivity contribution in [3.8, 4) is 0 Å². The zero-order valence-corrected chi connectivity index (χ0v) is 14.8. The number of amides is 1. The van der Waals surface area contributed by atoms with Crippen LogP contribution >= 0.6 is 11.6 Å². The Kier molecular flexibility index (Phi) is 5.08. The fourth-order valence-electron chi connectivity index (χ4n) is 2.66. The van der Waals surface area contributed by atoms with Gasteiger partial charge in [0.15, 0.2) is 0 Å². The Morgan fingerprint density at radius 2 is 1.84 bits per heavy atom. The predicted octanol–water partition coefficient (Wildman–Crippen LogP) is 3.52. The second kappa shape index (κ2) is 7.11. The Balaban J connectivity index is 1.81. The number of halogens is 2. The van der Waals surface area contributed by atoms with Gasteiger partial charge in [-0.2, -0.15) is 4.31 Å². The molecule has 1 aliphatic heterocycles. The molecule has 2 aromatic rings. The van der Waals surface area contributed by atoms with E-state index in [1.165, 1.54) is 22.5 Å². The standard InChI is InChI=1S/C17H16ClFN2O3S/c18-13-5-3-4-12(10-13)17(22)20-16-7-6-14(11-15(16)19)25(23,24)21-8-1-2-9-21/h3-7,10-11H,1-2,8-9H2,(H,20,22). The number of nitrogens with zero attached hydrogens (tertiary/aromatic N) is 1. The summed E-state index contributed by atoms with van der Waals surface area (Å²) in [6.07, 6.45) is 1.60. The molecule has 0 radical (unpaired) electrons. The van der Waals surface area contributed by atoms with E-state index >= 15 is 0 Å². The molecule has 0 spiro atoms. The minimum Gasteiger partial charge on any atom is -0.319 e. The average molecular weight is 383 g/mol. The number of rotatable bonds is 4. The van der Waals surface area contributed by atoms with Crippen LogP contribution in [0.3, 0.4) is 0 Å². The molecule has 1 fully saturated rings. The van der Waals surface area contributed by atoms with E-state index in [4.69, 9.17) is 11.6 Å². The minimum absolute atomic E-state index is 0.0923. The molecule has 8 heteroatoms. The first-order valence-electron chi connectivity index (χ1n) is 7.74. The van der Waals surface area contributed by atoms with Gasteiger partial charge in [-0.3, -0.25) is 4.79 Å². The maximum absolute atomic E-state index is 14.3. The van der Waals surface area contributed by atoms with Crippen LogP contribution in [-0.2, 0) is 10.0 Å². The highest BCUT2D eigenvalue weighted by molar-refractivity contribution is 7.89. The number of sulfonamides is 1. The molecule has 5 nitrogen and oxygen atoms in total. The van der Waals surface area contributed by atoms with Gasteiger partial charge in [-0.1, -0.05) is 17.7 Å². The van der Waals surface area contributed by atoms with Crippen molar-refractivity contribution in [1.29, 1.82) is 0 Å². The molecule has 1 N–H and O–H groups in total. The van der Waals surface area contributed by atoms with Crippen molar-refractivity contribution in [2.75, 3.05) is 18.4 Å². The van der Waals surface area contributed by atoms with Crippen molar-refractivity contribution < 1.29 is 17.6 Å². The first-order chi connectivity index (χ1) is 11.9. The Bertz CT molecular complexity index is 912. The average Bonchev–Trinajstić information content (AvgIpc) is 3.12. The summed E-state index contributed by atoms with van der Waals surface area (Å²) < 4.78 is 40.5. The van der Waals surface area contributed by atoms with Gasteiger partial charge in [0.1, 0.15) is 5.82 Å². The molecule has 2 aromatic carbocycles. The molecule has 3 rings (SSSR count). The van der Waals surface area contributed by atoms with Crippen LogP contribution in [-0.4, -0.2) is 31.7 Å². The summed E-state index contributed by atoms with van der Waals surface area (Å²) in [5, 5.41) is 2.81. The van der Waals surface area contributed by atoms with Crippen LogP contribution in [0.2, 0.25) is 5.02 Å². The Morgan fingerprint density at radius 1 is 1.12 bits per heavy atom. The van der Waals surface area contributed by atoms with Gasteiger partial charge in [-0.05, 0) is 49.2 Å². The third-order valence-corrected chi connectivity index (χ3v) is 6.11. The summed E-state index contributed by atoms with van der Waals surface area (Å²) in [7, 11) is -3.70. The smallest absolute Gasteiger partial charge is 0.255 e. The van der Waals surface area contributed by atoms with Crippen LogP contribution in [0.5, 0.6) is 0 Å². The van der Waals surface area contributed by atoms with E-state index in [2.05, 4.69) is 5.32 Å². The summed E-state index contributed by atoms with van der Waals surface area (Å²) in [5.41, 5.74) is 0.186. The molecule has 0 bridgehead atoms. The number of hydrogen-bond acceptors (Lipinski definition) is 3. The van der Waals surface area contributed by atoms with Crippen LogP contribution in [0.15, 0.2) is 47.4 Å². The number of carbonyl (C=O) groups excluding carboxylic acids is 1. The van der Waals surface area contributed by atoms with E-state index in [0.29, 0.717) is 18.1 Å². The molecule has 132 valence electrons. The molecular weight excluding hydrogens is 367 g/mol. The van der Waals surface area contributed by atoms with Crippen molar-refractivity contribution in [2.24, 2.45) is 0 Å². The summed E-state index contributed by atoms with van der Waals surface area (Å²) in [6.45, 7) is 0.883. The molecule has 0 unspecified atom stereocenters. The first kappa shape index (κ1) is 17.8. The summed E-state index contributed by atoms with van der Waals surface area (Å²) in [6, 6.07) is 9.72. The van der Waals surface area contributed by atoms with Gasteiger partial charge < -0.3 is 5.32 Å². The highest BCUT2D eigenvalue weighted by Crippen LogP contribution is 2.25. The van der Waals surface area contributed by atoms with Crippen LogP contribution in [0.25, 0.3) is 0 Å². The van der Waals surface area contributed by atoms with E-state index in [-0.39, 0.29) is 16.1 Å². The number of anilines is 1. The maximum Gasteiger partial charge on any atom is 0.255 e. The molecule has 25 heavy (non-hydrogen) atoms. The van der Waals surface area contributed by atoms with Crippen molar-refractivity contribution in [3.05, 3.63) is 58.9 Å². The minimum atomic E-state index is -3.70. The Hall–Kier alpha value is -1.96. The van der Waals surface area contributed by atoms with Gasteiger partial charge in [0, 0.05) is 23.7 Å². The second-order valence-electron chi connectivity index (χ2n) is 5.72. The van der Waals surface area contributed by atoms with E-state index in [9.17, 15) is 17.6 Å². The Morgan fingerprint density at radius 3 is 2.48 bits per heavy atom. The van der Waals surface area contributed by atoms with Crippen LogP contribution in [0.1, 0.15) is 23.2 Å². The third-order valence-electron chi connectivity index (χ3n) is 3.98. The quantitative estimate of drug-likeness (QED) is 0.879. The van der Waals surface area contributed by atoms with Crippen molar-refractivity contribution in [2.45, 2.75) is 17.7 Å². The lowest BCUT2D eigenvalue weighted by Gasteiger charge is -2.16. The van der Waals surface area contributed by atoms with E-state index in [1.54, 1.807) is 18.2 Å². The summed E-state index contributed by atoms with van der Waals surface area (Å²) in [5.74, 6) is -1.34. The monoisotopic (exact) mass is 382 g/mol. The number of benzene rings is 2. The molecule has 1 amide bonds. The van der Waals surface area contributed by atoms with Crippen LogP contribution < -0.4 is 5.32 Å². The molecule has 1 saturated heterocycles. The van der Waals surface area contributed by atoms with Gasteiger partial charge in [0.2, 0.25) is 10.0 Å². The number of carbonyl (C=O) groups is 1. The zero-order valence-electron chi connectivity index (χ0n) is 13.2. The fourth-order valence-corrected chi connectivity index (χ4v) is 4.38. The SMILES string of the molecule is O=C(Nc1ccc(S(=O)(=O)N2CCCC2)cc1F)c1cccc(Cl)c1. The number of nitrogens with one attached hydrogen (secondary N) is 1. The highest BCUT2D eigenvalue weighted by atomic mass is 35.5. The van der Waals surface area contributed by atoms with Gasteiger partial charge in [0.25, 0.3) is 5.91 Å². The molecule has 1 heterocycles. The molecule has 0 aromatic heterocycles. The molecule has 0 aliphatic carbocycles. The van der Waals surface area contributed by atoms with E-state index < -0.39 is 21.7 Å². The molecule has 1 aliphatic rings. The number of hydrogen-bond donors (Lipinski definition) is 1. The lowest BCUT2D eigenvalue weighted by atomic mass is 10.2. The van der Waals surface area contributed by atoms with Gasteiger partial charge in [-0.15, -0.1) is 0 Å². The summed E-state index contributed by atoms with van der Waals surface area (Å²) in [4.78, 5) is 12.0. The summed E-state index contributed by atoms with van der Waals surface area (Å²) >= 11 is 5.83. The Labute approximate surface area is 150 Å². The normalized spacial score (nSPS) is 15.3. The van der Waals surface area contributed by atoms with Crippen molar-refractivity contribution in [1.82, 2.24) is 4.31 Å². The lowest BCUT2D eigenvalue weighted by Crippen LogP contribution is -2.28. The van der Waals surface area contributed by atoms with Gasteiger partial charge >= 0.3 is 0 Å². The van der Waals surface area contributed by atoms with Gasteiger partial charge in [0.05, 0.1) is 10.6 Å². The molecular formula is C17H16ClFN2O3S. The largest absolute Gasteiger partial charge is 0.319 e. The molecule has 0 atom stereocenters. The van der Waals surface area contributed by atoms with Crippen molar-refractivity contribution >= 4 is 33.2 Å². The maximum atomic E-state index is 14.3. The third kappa shape index (κ3) is 3.84. The topological polar surface area (TPSA) is 66.5 Å². The lowest BCUT2D eigenvalue weighted by molar-refractivity contribution is 0.102. The molecule has 0 saturated carbocycles. The highest BCUT2D eigenvalue weighted by Gasteiger charge is 2.27. The van der Waals surface area contributed by atoms with Gasteiger partial charge in [-0.25, -0.2) is 12.8 Å². The first-order valence-corrected chi connectivity index (χ1v) is 9.56. The van der Waals surface area contributed by atoms with E-state index in [0.717, 1.165) is 18.9 Å². The zero-order chi connectivity index (χ0) is 18.0. The van der Waals surface area contributed by atoms with Crippen molar-refractivity contribution in [3.63, 3.8) is 0 Å². The fraction of sp³-hybridized carbons (Fsp3) is 0.235. The second-order valence-corrected chi connectivity index (χ2v) is 8.09.